The molecule has 63 heavy (non-hydrogen) atoms. The van der Waals surface area contributed by atoms with Crippen molar-refractivity contribution in [2.24, 2.45) is 0 Å². The number of aromatic nitrogens is 1. The molecule has 1 aromatic heterocycles. The molecule has 1 spiro atoms. The molecule has 12 rings (SSSR count). The number of hydrogen-bond donors (Lipinski definition) is 4. The van der Waals surface area contributed by atoms with E-state index >= 15 is 4.79 Å². The van der Waals surface area contributed by atoms with Gasteiger partial charge in [-0.2, -0.15) is 0 Å². The minimum atomic E-state index is -1.22. The predicted molar refractivity (Wildman–Crippen MR) is 234 cm³/mol. The standard InChI is InChI=1S/C48H50N4O10S/c1-23-15-27-16-32-47(56)52-33-19-58-20-34(54)48(46-29(13-14-49-48)30-17-28(11-12-31(30)50-46)59-18-26-9-7-6-8-10-26)21-63-45(39(52)38(51(32)4)35(27)40(55)41(23)57-5)37-36(33)44-43(60-22-61-44)24(2)42(37)62-25(3)53/h6-12,15,17,32-33,38-39,45,47,49-50,55-56H,13-14,16,18-22H2,1-5H3/t32-,33+,38+,39?,45-,47+,48+/m1/s1. The summed E-state index contributed by atoms with van der Waals surface area (Å²) in [5.41, 5.74) is 7.02. The van der Waals surface area contributed by atoms with E-state index in [4.69, 9.17) is 28.4 Å². The molecule has 2 fully saturated rings. The number of thioether (sulfide) groups is 1. The van der Waals surface area contributed by atoms with Gasteiger partial charge in [-0.15, -0.1) is 11.8 Å². The Labute approximate surface area is 368 Å². The number of esters is 1. The van der Waals surface area contributed by atoms with Crippen LogP contribution in [0, 0.1) is 13.8 Å². The number of aliphatic hydroxyl groups excluding tert-OH is 1. The molecule has 14 nitrogen and oxygen atoms in total. The SMILES string of the molecule is COc1c(C)cc2c(c1O)[C@H]1C3[C@@H]4SC[C@]5(NCCc6c5[nH]c5ccc(OCc7ccccc7)cc65)C(=O)COC[C@@H](c5c6c(c(C)c(OC(C)=O)c54)OCO6)N3[C@@H](O)[C@@H](C2)N1C. The van der Waals surface area contributed by atoms with Gasteiger partial charge in [0.25, 0.3) is 0 Å². The minimum Gasteiger partial charge on any atom is -0.504 e. The second-order valence-corrected chi connectivity index (χ2v) is 18.7. The van der Waals surface area contributed by atoms with Crippen LogP contribution in [0.1, 0.15) is 74.5 Å². The highest BCUT2D eigenvalue weighted by Gasteiger charge is 2.61. The lowest BCUT2D eigenvalue weighted by Crippen LogP contribution is -2.69. The molecular formula is C48H50N4O10S. The monoisotopic (exact) mass is 874 g/mol. The topological polar surface area (TPSA) is 164 Å². The first-order chi connectivity index (χ1) is 30.5. The van der Waals surface area contributed by atoms with E-state index in [1.54, 1.807) is 18.9 Å². The van der Waals surface area contributed by atoms with Crippen molar-refractivity contribution in [3.63, 3.8) is 0 Å². The van der Waals surface area contributed by atoms with Gasteiger partial charge in [0.05, 0.1) is 37.1 Å². The molecule has 4 aromatic carbocycles. The Morgan fingerprint density at radius 1 is 1.05 bits per heavy atom. The summed E-state index contributed by atoms with van der Waals surface area (Å²) in [6.07, 6.45) is 0.147. The Kier molecular flexibility index (Phi) is 9.75. The summed E-state index contributed by atoms with van der Waals surface area (Å²) in [6.45, 7) is 5.86. The lowest BCUT2D eigenvalue weighted by Gasteiger charge is -2.61. The third kappa shape index (κ3) is 6.03. The van der Waals surface area contributed by atoms with E-state index < -0.39 is 41.1 Å². The van der Waals surface area contributed by atoms with Gasteiger partial charge < -0.3 is 43.6 Å². The fourth-order valence-electron chi connectivity index (χ4n) is 11.5. The van der Waals surface area contributed by atoms with Gasteiger partial charge in [-0.05, 0) is 74.2 Å². The van der Waals surface area contributed by atoms with Crippen molar-refractivity contribution in [1.29, 1.82) is 0 Å². The van der Waals surface area contributed by atoms with E-state index in [9.17, 15) is 15.0 Å². The maximum Gasteiger partial charge on any atom is 0.308 e. The Hall–Kier alpha value is -5.29. The number of nitrogens with zero attached hydrogens (tertiary/aromatic N) is 2. The molecule has 0 saturated carbocycles. The fourth-order valence-corrected chi connectivity index (χ4v) is 13.2. The number of carbonyl (C=O) groups excluding carboxylic acids is 2. The number of aliphatic hydroxyl groups is 1. The van der Waals surface area contributed by atoms with Gasteiger partial charge in [0.2, 0.25) is 6.79 Å². The molecule has 15 heteroatoms. The van der Waals surface area contributed by atoms with E-state index in [0.29, 0.717) is 65.7 Å². The van der Waals surface area contributed by atoms with E-state index in [0.717, 1.165) is 50.2 Å². The van der Waals surface area contributed by atoms with Crippen LogP contribution in [0.25, 0.3) is 10.9 Å². The molecule has 7 aliphatic rings. The van der Waals surface area contributed by atoms with Crippen molar-refractivity contribution in [2.45, 2.75) is 81.4 Å². The number of rotatable bonds is 5. The molecular weight excluding hydrogens is 825 g/mol. The summed E-state index contributed by atoms with van der Waals surface area (Å²) in [5.74, 6) is 2.12. The number of aromatic amines is 1. The zero-order valence-electron chi connectivity index (χ0n) is 35.8. The molecule has 4 N–H and O–H groups in total. The maximum atomic E-state index is 15.1. The Morgan fingerprint density at radius 2 is 1.86 bits per heavy atom. The van der Waals surface area contributed by atoms with Gasteiger partial charge in [0, 0.05) is 64.1 Å². The number of ether oxygens (including phenoxy) is 6. The highest BCUT2D eigenvalue weighted by atomic mass is 32.2. The van der Waals surface area contributed by atoms with Gasteiger partial charge >= 0.3 is 5.97 Å². The minimum absolute atomic E-state index is 0.000969. The number of phenols is 1. The van der Waals surface area contributed by atoms with Gasteiger partial charge in [-0.3, -0.25) is 24.7 Å². The third-order valence-corrected chi connectivity index (χ3v) is 15.7. The number of phenolic OH excluding ortho intramolecular Hbond substituents is 1. The molecule has 2 saturated heterocycles. The molecule has 0 radical (unpaired) electrons. The highest BCUT2D eigenvalue weighted by molar-refractivity contribution is 7.99. The molecule has 7 atom stereocenters. The number of Topliss-reactive ketones (excluding diaryl/α,β-unsaturated/α-hetero) is 1. The Morgan fingerprint density at radius 3 is 2.65 bits per heavy atom. The Bertz CT molecular complexity index is 2710. The summed E-state index contributed by atoms with van der Waals surface area (Å²) in [7, 11) is 3.55. The zero-order chi connectivity index (χ0) is 43.5. The summed E-state index contributed by atoms with van der Waals surface area (Å²) < 4.78 is 37.3. The molecule has 0 amide bonds. The molecule has 0 aliphatic carbocycles. The molecule has 7 aliphatic heterocycles. The van der Waals surface area contributed by atoms with E-state index in [-0.39, 0.29) is 43.3 Å². The number of fused-ring (bicyclic) bond motifs is 12. The smallest absolute Gasteiger partial charge is 0.308 e. The first-order valence-corrected chi connectivity index (χ1v) is 22.6. The fraction of sp³-hybridized carbons (Fsp3) is 0.417. The van der Waals surface area contributed by atoms with Crippen LogP contribution in [-0.2, 0) is 39.3 Å². The molecule has 8 heterocycles. The second-order valence-electron chi connectivity index (χ2n) is 17.5. The number of ketones is 1. The van der Waals surface area contributed by atoms with Crippen molar-refractivity contribution in [1.82, 2.24) is 20.1 Å². The van der Waals surface area contributed by atoms with Crippen LogP contribution in [0.2, 0.25) is 0 Å². The number of aromatic hydroxyl groups is 1. The number of hydrogen-bond acceptors (Lipinski definition) is 14. The predicted octanol–water partition coefficient (Wildman–Crippen LogP) is 5.80. The van der Waals surface area contributed by atoms with Crippen molar-refractivity contribution in [3.8, 4) is 34.5 Å². The van der Waals surface area contributed by atoms with Crippen LogP contribution in [-0.4, -0.2) is 102 Å². The van der Waals surface area contributed by atoms with Gasteiger partial charge in [0.1, 0.15) is 36.5 Å². The summed E-state index contributed by atoms with van der Waals surface area (Å²) >= 11 is 1.56. The number of aryl methyl sites for hydroxylation is 1. The average Bonchev–Trinajstić information content (AvgIpc) is 3.91. The number of carbonyl (C=O) groups is 2. The lowest BCUT2D eigenvalue weighted by atomic mass is 9.73. The van der Waals surface area contributed by atoms with Crippen LogP contribution in [0.4, 0.5) is 0 Å². The van der Waals surface area contributed by atoms with Crippen molar-refractivity contribution in [3.05, 3.63) is 105 Å². The van der Waals surface area contributed by atoms with E-state index in [1.165, 1.54) is 6.92 Å². The van der Waals surface area contributed by atoms with Crippen LogP contribution in [0.3, 0.4) is 0 Å². The number of likely N-dealkylation sites (N-methyl/N-ethyl adjacent to an activating group) is 1. The van der Waals surface area contributed by atoms with Crippen molar-refractivity contribution < 1.29 is 48.2 Å². The summed E-state index contributed by atoms with van der Waals surface area (Å²) in [4.78, 5) is 36.1. The number of methoxy groups -OCH3 is 1. The quantitative estimate of drug-likeness (QED) is 0.124. The molecule has 1 unspecified atom stereocenters. The number of H-pyrrole nitrogens is 1. The average molecular weight is 875 g/mol. The number of benzene rings is 4. The molecule has 5 aromatic rings. The zero-order valence-corrected chi connectivity index (χ0v) is 36.6. The maximum absolute atomic E-state index is 15.1. The summed E-state index contributed by atoms with van der Waals surface area (Å²) in [5, 5.41) is 29.0. The molecule has 4 bridgehead atoms. The third-order valence-electron chi connectivity index (χ3n) is 14.2. The van der Waals surface area contributed by atoms with Crippen LogP contribution >= 0.6 is 11.8 Å². The Balaban J connectivity index is 1.10. The van der Waals surface area contributed by atoms with E-state index in [2.05, 4.69) is 32.2 Å². The molecule has 328 valence electrons. The normalized spacial score (nSPS) is 27.3. The van der Waals surface area contributed by atoms with Crippen molar-refractivity contribution in [2.75, 3.05) is 46.5 Å². The van der Waals surface area contributed by atoms with E-state index in [1.807, 2.05) is 63.4 Å². The lowest BCUT2D eigenvalue weighted by molar-refractivity contribution is -0.181. The first kappa shape index (κ1) is 40.5. The number of nitrogens with one attached hydrogen (secondary N) is 2. The second kappa shape index (κ2) is 15.2. The van der Waals surface area contributed by atoms with Gasteiger partial charge in [-0.1, -0.05) is 36.4 Å². The van der Waals surface area contributed by atoms with Crippen molar-refractivity contribution >= 4 is 34.4 Å². The summed E-state index contributed by atoms with van der Waals surface area (Å²) in [6, 6.07) is 16.0. The van der Waals surface area contributed by atoms with Crippen LogP contribution < -0.4 is 29.0 Å². The van der Waals surface area contributed by atoms with Gasteiger partial charge in [0.15, 0.2) is 28.8 Å². The number of piperazine rings is 1. The van der Waals surface area contributed by atoms with Crippen LogP contribution in [0.15, 0.2) is 54.6 Å². The van der Waals surface area contributed by atoms with Gasteiger partial charge in [-0.25, -0.2) is 0 Å². The van der Waals surface area contributed by atoms with Crippen LogP contribution in [0.5, 0.6) is 34.5 Å². The first-order valence-electron chi connectivity index (χ1n) is 21.5. The highest BCUT2D eigenvalue weighted by Crippen LogP contribution is 2.64. The largest absolute Gasteiger partial charge is 0.504 e.